The van der Waals surface area contributed by atoms with E-state index >= 15 is 0 Å². The Morgan fingerprint density at radius 1 is 1.26 bits per heavy atom. The van der Waals surface area contributed by atoms with Crippen LogP contribution < -0.4 is 14.8 Å². The van der Waals surface area contributed by atoms with Crippen LogP contribution in [0.5, 0.6) is 11.6 Å². The summed E-state index contributed by atoms with van der Waals surface area (Å²) < 4.78 is 32.1. The zero-order valence-electron chi connectivity index (χ0n) is 20.1. The summed E-state index contributed by atoms with van der Waals surface area (Å²) in [6.45, 7) is 7.82. The number of anilines is 1. The average Bonchev–Trinajstić information content (AvgIpc) is 3.44. The molecule has 4 rings (SSSR count). The van der Waals surface area contributed by atoms with E-state index in [0.717, 1.165) is 17.0 Å². The summed E-state index contributed by atoms with van der Waals surface area (Å²) in [6, 6.07) is 4.59. The van der Waals surface area contributed by atoms with Crippen LogP contribution in [0.2, 0.25) is 25.7 Å². The third kappa shape index (κ3) is 5.20. The molecule has 3 heterocycles. The Hall–Kier alpha value is -3.05. The number of hydrogen-bond donors (Lipinski definition) is 1. The Bertz CT molecular complexity index is 1170. The van der Waals surface area contributed by atoms with E-state index in [1.165, 1.54) is 13.3 Å². The number of carbonyl (C=O) groups is 1. The second-order valence-electron chi connectivity index (χ2n) is 9.57. The number of amides is 1. The Morgan fingerprint density at radius 2 is 2.03 bits per heavy atom. The van der Waals surface area contributed by atoms with Gasteiger partial charge in [0.15, 0.2) is 5.75 Å². The minimum Gasteiger partial charge on any atom is -0.494 e. The van der Waals surface area contributed by atoms with Gasteiger partial charge in [-0.15, -0.1) is 5.10 Å². The van der Waals surface area contributed by atoms with Gasteiger partial charge in [-0.3, -0.25) is 4.79 Å². The summed E-state index contributed by atoms with van der Waals surface area (Å²) in [6.07, 6.45) is 2.61. The molecule has 2 atom stereocenters. The lowest BCUT2D eigenvalue weighted by Crippen LogP contribution is -2.22. The van der Waals surface area contributed by atoms with Crippen LogP contribution in [-0.4, -0.2) is 60.7 Å². The first-order valence-corrected chi connectivity index (χ1v) is 14.9. The molecule has 1 saturated carbocycles. The molecule has 9 nitrogen and oxygen atoms in total. The van der Waals surface area contributed by atoms with E-state index in [9.17, 15) is 9.18 Å². The molecule has 0 unspecified atom stereocenters. The summed E-state index contributed by atoms with van der Waals surface area (Å²) in [5.74, 6) is 0.229. The largest absolute Gasteiger partial charge is 0.494 e. The molecule has 1 aliphatic carbocycles. The Labute approximate surface area is 198 Å². The van der Waals surface area contributed by atoms with Gasteiger partial charge in [0.2, 0.25) is 11.8 Å². The van der Waals surface area contributed by atoms with Gasteiger partial charge in [-0.05, 0) is 24.6 Å². The van der Waals surface area contributed by atoms with Gasteiger partial charge >= 0.3 is 0 Å². The number of nitrogens with one attached hydrogen (secondary N) is 1. The van der Waals surface area contributed by atoms with E-state index in [-0.39, 0.29) is 19.1 Å². The van der Waals surface area contributed by atoms with E-state index in [0.29, 0.717) is 35.3 Å². The third-order valence-corrected chi connectivity index (χ3v) is 7.42. The predicted molar refractivity (Wildman–Crippen MR) is 130 cm³/mol. The summed E-state index contributed by atoms with van der Waals surface area (Å²) in [7, 11) is 1.84. The zero-order valence-corrected chi connectivity index (χ0v) is 21.1. The van der Waals surface area contributed by atoms with Gasteiger partial charge in [0.1, 0.15) is 24.4 Å². The lowest BCUT2D eigenvalue weighted by atomic mass is 10.1. The molecule has 3 aromatic heterocycles. The number of fused-ring (bicyclic) bond motifs is 1. The summed E-state index contributed by atoms with van der Waals surface area (Å²) in [5.41, 5.74) is 2.03. The maximum absolute atomic E-state index is 13.3. The van der Waals surface area contributed by atoms with Crippen LogP contribution in [0.25, 0.3) is 22.2 Å². The number of nitrogens with zero attached hydrogens (tertiary/aromatic N) is 4. The molecule has 0 bridgehead atoms. The predicted octanol–water partition coefficient (Wildman–Crippen LogP) is 4.12. The van der Waals surface area contributed by atoms with Crippen molar-refractivity contribution in [2.45, 2.75) is 45.0 Å². The van der Waals surface area contributed by atoms with Crippen LogP contribution in [0.1, 0.15) is 6.42 Å². The standard InChI is InChI=1S/C23H30FN5O4Si/c1-31-18-11-25-28-23(32-2)20(18)16-12-29(13-33-8-9-34(3,4)5)21-14(16)6-7-19(26-21)27-22(30)15-10-17(15)24/h6-7,11-12,15,17H,8-10,13H2,1-5H3,(H,26,27,30)/t15-,17+/m1/s1. The number of methoxy groups -OCH3 is 2. The lowest BCUT2D eigenvalue weighted by Gasteiger charge is -2.15. The summed E-state index contributed by atoms with van der Waals surface area (Å²) in [5, 5.41) is 11.5. The first-order valence-electron chi connectivity index (χ1n) is 11.2. The molecule has 0 spiro atoms. The number of halogens is 1. The van der Waals surface area contributed by atoms with E-state index in [1.807, 2.05) is 16.8 Å². The molecule has 1 aliphatic rings. The highest BCUT2D eigenvalue weighted by Gasteiger charge is 2.43. The van der Waals surface area contributed by atoms with Crippen molar-refractivity contribution < 1.29 is 23.4 Å². The molecule has 182 valence electrons. The van der Waals surface area contributed by atoms with Crippen LogP contribution in [0.15, 0.2) is 24.5 Å². The molecule has 0 aromatic carbocycles. The Kier molecular flexibility index (Phi) is 6.85. The van der Waals surface area contributed by atoms with Gasteiger partial charge in [0.25, 0.3) is 0 Å². The molecule has 0 saturated heterocycles. The molecule has 1 amide bonds. The lowest BCUT2D eigenvalue weighted by molar-refractivity contribution is -0.117. The minimum atomic E-state index is -1.24. The topological polar surface area (TPSA) is 100 Å². The van der Waals surface area contributed by atoms with Crippen molar-refractivity contribution >= 4 is 30.8 Å². The van der Waals surface area contributed by atoms with Crippen molar-refractivity contribution in [1.29, 1.82) is 0 Å². The minimum absolute atomic E-state index is 0.258. The highest BCUT2D eigenvalue weighted by molar-refractivity contribution is 6.76. The van der Waals surface area contributed by atoms with Crippen molar-refractivity contribution in [1.82, 2.24) is 19.7 Å². The van der Waals surface area contributed by atoms with Crippen LogP contribution in [0.3, 0.4) is 0 Å². The highest BCUT2D eigenvalue weighted by atomic mass is 28.3. The van der Waals surface area contributed by atoms with Gasteiger partial charge in [-0.25, -0.2) is 9.37 Å². The first kappa shape index (κ1) is 24.1. The number of pyridine rings is 1. The highest BCUT2D eigenvalue weighted by Crippen LogP contribution is 2.41. The summed E-state index contributed by atoms with van der Waals surface area (Å²) in [4.78, 5) is 16.9. The smallest absolute Gasteiger partial charge is 0.244 e. The number of carbonyl (C=O) groups excluding carboxylic acids is 1. The molecule has 0 aliphatic heterocycles. The molecule has 3 aromatic rings. The maximum Gasteiger partial charge on any atom is 0.244 e. The number of hydrogen-bond acceptors (Lipinski definition) is 7. The van der Waals surface area contributed by atoms with Gasteiger partial charge in [-0.1, -0.05) is 19.6 Å². The second kappa shape index (κ2) is 9.67. The maximum atomic E-state index is 13.3. The fourth-order valence-electron chi connectivity index (χ4n) is 3.63. The van der Waals surface area contributed by atoms with Crippen LogP contribution in [0.4, 0.5) is 10.2 Å². The fraction of sp³-hybridized carbons (Fsp3) is 0.478. The zero-order chi connectivity index (χ0) is 24.5. The van der Waals surface area contributed by atoms with Gasteiger partial charge in [0, 0.05) is 31.8 Å². The normalized spacial score (nSPS) is 17.6. The number of rotatable bonds is 10. The van der Waals surface area contributed by atoms with Crippen LogP contribution >= 0.6 is 0 Å². The van der Waals surface area contributed by atoms with Crippen molar-refractivity contribution in [3.63, 3.8) is 0 Å². The average molecular weight is 488 g/mol. The van der Waals surface area contributed by atoms with Gasteiger partial charge in [0.05, 0.1) is 31.9 Å². The molecular formula is C23H30FN5O4Si. The van der Waals surface area contributed by atoms with Gasteiger partial charge in [-0.2, -0.15) is 5.10 Å². The molecule has 11 heteroatoms. The molecule has 34 heavy (non-hydrogen) atoms. The van der Waals surface area contributed by atoms with Gasteiger partial charge < -0.3 is 24.1 Å². The SMILES string of the molecule is COc1cnnc(OC)c1-c1cn(COCC[Si](C)(C)C)c2nc(NC(=O)[C@@H]3C[C@@H]3F)ccc12. The quantitative estimate of drug-likeness (QED) is 0.339. The number of alkyl halides is 1. The van der Waals surface area contributed by atoms with E-state index < -0.39 is 20.2 Å². The molecule has 1 fully saturated rings. The van der Waals surface area contributed by atoms with Crippen LogP contribution in [0, 0.1) is 5.92 Å². The Morgan fingerprint density at radius 3 is 2.68 bits per heavy atom. The van der Waals surface area contributed by atoms with Crippen molar-refractivity contribution in [2.75, 3.05) is 26.1 Å². The van der Waals surface area contributed by atoms with Crippen molar-refractivity contribution in [3.05, 3.63) is 24.5 Å². The summed E-state index contributed by atoms with van der Waals surface area (Å²) >= 11 is 0. The molecule has 0 radical (unpaired) electrons. The first-order chi connectivity index (χ1) is 16.2. The second-order valence-corrected chi connectivity index (χ2v) is 15.2. The third-order valence-electron chi connectivity index (χ3n) is 5.72. The molecule has 1 N–H and O–H groups in total. The Balaban J connectivity index is 1.72. The van der Waals surface area contributed by atoms with Crippen molar-refractivity contribution in [2.24, 2.45) is 5.92 Å². The fourth-order valence-corrected chi connectivity index (χ4v) is 4.38. The van der Waals surface area contributed by atoms with Crippen LogP contribution in [-0.2, 0) is 16.3 Å². The number of aromatic nitrogens is 4. The van der Waals surface area contributed by atoms with E-state index in [4.69, 9.17) is 14.2 Å². The molecular weight excluding hydrogens is 457 g/mol. The van der Waals surface area contributed by atoms with E-state index in [1.54, 1.807) is 13.2 Å². The van der Waals surface area contributed by atoms with Crippen molar-refractivity contribution in [3.8, 4) is 22.8 Å². The van der Waals surface area contributed by atoms with E-state index in [2.05, 4.69) is 40.1 Å². The monoisotopic (exact) mass is 487 g/mol. The number of ether oxygens (including phenoxy) is 3.